The molecule has 23 heavy (non-hydrogen) atoms. The summed E-state index contributed by atoms with van der Waals surface area (Å²) in [6, 6.07) is 7.41. The number of hydrogen-bond donors (Lipinski definition) is 1. The number of anilines is 1. The number of urea groups is 1. The lowest BCUT2D eigenvalue weighted by Gasteiger charge is -2.35. The summed E-state index contributed by atoms with van der Waals surface area (Å²) in [5.74, 6) is 0.668. The molecular formula is C16H21N5O2. The van der Waals surface area contributed by atoms with Gasteiger partial charge in [-0.1, -0.05) is 0 Å². The highest BCUT2D eigenvalue weighted by molar-refractivity contribution is 5.89. The van der Waals surface area contributed by atoms with Crippen molar-refractivity contribution < 1.29 is 9.53 Å². The molecule has 7 nitrogen and oxygen atoms in total. The number of nitrogens with zero attached hydrogens (tertiary/aromatic N) is 4. The van der Waals surface area contributed by atoms with E-state index in [9.17, 15) is 4.79 Å². The fraction of sp³-hybridized carbons (Fsp3) is 0.438. The number of carbonyl (C=O) groups excluding carboxylic acids is 1. The van der Waals surface area contributed by atoms with Crippen LogP contribution >= 0.6 is 0 Å². The number of hydrogen-bond acceptors (Lipinski definition) is 4. The fourth-order valence-corrected chi connectivity index (χ4v) is 2.72. The van der Waals surface area contributed by atoms with Gasteiger partial charge in [0.15, 0.2) is 5.82 Å². The van der Waals surface area contributed by atoms with Crippen molar-refractivity contribution in [3.05, 3.63) is 30.6 Å². The zero-order valence-electron chi connectivity index (χ0n) is 13.6. The van der Waals surface area contributed by atoms with E-state index in [0.717, 1.165) is 11.3 Å². The van der Waals surface area contributed by atoms with Crippen molar-refractivity contribution in [2.45, 2.75) is 26.1 Å². The van der Waals surface area contributed by atoms with Crippen LogP contribution in [0.15, 0.2) is 30.6 Å². The summed E-state index contributed by atoms with van der Waals surface area (Å²) in [5, 5.41) is 7.18. The molecule has 0 bridgehead atoms. The predicted octanol–water partition coefficient (Wildman–Crippen LogP) is 2.12. The summed E-state index contributed by atoms with van der Waals surface area (Å²) >= 11 is 0. The average Bonchev–Trinajstić information content (AvgIpc) is 2.93. The van der Waals surface area contributed by atoms with Gasteiger partial charge in [0.05, 0.1) is 12.2 Å². The standard InChI is InChI=1S/C16H21N5O2/c1-11-8-21(9-12(2)23-11)16(22)18-14-6-4-13(5-7-14)15-17-10-20(3)19-15/h4-7,10-12H,8-9H2,1-3H3,(H,18,22)/t11-,12+. The summed E-state index contributed by atoms with van der Waals surface area (Å²) in [7, 11) is 1.83. The van der Waals surface area contributed by atoms with E-state index in [1.807, 2.05) is 45.2 Å². The Labute approximate surface area is 135 Å². The van der Waals surface area contributed by atoms with Gasteiger partial charge in [-0.05, 0) is 38.1 Å². The number of benzene rings is 1. The van der Waals surface area contributed by atoms with E-state index < -0.39 is 0 Å². The first kappa shape index (κ1) is 15.5. The first-order valence-electron chi connectivity index (χ1n) is 7.68. The van der Waals surface area contributed by atoms with E-state index in [4.69, 9.17) is 4.74 Å². The van der Waals surface area contributed by atoms with Crippen molar-refractivity contribution in [1.29, 1.82) is 0 Å². The molecule has 2 amide bonds. The molecule has 7 heteroatoms. The predicted molar refractivity (Wildman–Crippen MR) is 87.0 cm³/mol. The van der Waals surface area contributed by atoms with Gasteiger partial charge >= 0.3 is 6.03 Å². The molecule has 2 heterocycles. The molecule has 0 spiro atoms. The number of amides is 2. The van der Waals surface area contributed by atoms with Gasteiger partial charge in [-0.3, -0.25) is 4.68 Å². The number of ether oxygens (including phenoxy) is 1. The number of aromatic nitrogens is 3. The maximum Gasteiger partial charge on any atom is 0.322 e. The number of nitrogens with one attached hydrogen (secondary N) is 1. The molecule has 2 aromatic rings. The first-order chi connectivity index (χ1) is 11.0. The van der Waals surface area contributed by atoms with Gasteiger partial charge in [-0.15, -0.1) is 0 Å². The number of carbonyl (C=O) groups is 1. The van der Waals surface area contributed by atoms with Crippen LogP contribution in [0.5, 0.6) is 0 Å². The highest BCUT2D eigenvalue weighted by Crippen LogP contribution is 2.18. The highest BCUT2D eigenvalue weighted by atomic mass is 16.5. The quantitative estimate of drug-likeness (QED) is 0.921. The van der Waals surface area contributed by atoms with Gasteiger partial charge < -0.3 is 15.0 Å². The van der Waals surface area contributed by atoms with Crippen molar-refractivity contribution in [3.63, 3.8) is 0 Å². The molecular weight excluding hydrogens is 294 g/mol. The molecule has 1 aromatic heterocycles. The second-order valence-corrected chi connectivity index (χ2v) is 5.91. The van der Waals surface area contributed by atoms with Crippen molar-refractivity contribution in [2.24, 2.45) is 7.05 Å². The molecule has 2 atom stereocenters. The van der Waals surface area contributed by atoms with Crippen molar-refractivity contribution in [2.75, 3.05) is 18.4 Å². The highest BCUT2D eigenvalue weighted by Gasteiger charge is 2.25. The third kappa shape index (κ3) is 3.68. The normalized spacial score (nSPS) is 21.3. The van der Waals surface area contributed by atoms with E-state index in [1.165, 1.54) is 0 Å². The van der Waals surface area contributed by atoms with Crippen LogP contribution < -0.4 is 5.32 Å². The molecule has 0 aliphatic carbocycles. The minimum Gasteiger partial charge on any atom is -0.372 e. The van der Waals surface area contributed by atoms with Crippen molar-refractivity contribution in [3.8, 4) is 11.4 Å². The molecule has 0 unspecified atom stereocenters. The second-order valence-electron chi connectivity index (χ2n) is 5.91. The van der Waals surface area contributed by atoms with Gasteiger partial charge in [-0.2, -0.15) is 5.10 Å². The number of aryl methyl sites for hydroxylation is 1. The average molecular weight is 315 g/mol. The molecule has 1 aliphatic heterocycles. The van der Waals surface area contributed by atoms with E-state index >= 15 is 0 Å². The van der Waals surface area contributed by atoms with E-state index in [0.29, 0.717) is 18.9 Å². The van der Waals surface area contributed by atoms with Gasteiger partial charge in [0, 0.05) is 31.4 Å². The fourth-order valence-electron chi connectivity index (χ4n) is 2.72. The summed E-state index contributed by atoms with van der Waals surface area (Å²) < 4.78 is 7.30. The summed E-state index contributed by atoms with van der Waals surface area (Å²) in [6.45, 7) is 5.16. The Morgan fingerprint density at radius 1 is 1.22 bits per heavy atom. The topological polar surface area (TPSA) is 72.3 Å². The lowest BCUT2D eigenvalue weighted by atomic mass is 10.2. The maximum atomic E-state index is 12.3. The monoisotopic (exact) mass is 315 g/mol. The zero-order valence-corrected chi connectivity index (χ0v) is 13.6. The number of morpholine rings is 1. The Kier molecular flexibility index (Phi) is 4.29. The third-order valence-electron chi connectivity index (χ3n) is 3.70. The molecule has 1 aromatic carbocycles. The van der Waals surface area contributed by atoms with Crippen molar-refractivity contribution >= 4 is 11.7 Å². The molecule has 1 aliphatic rings. The van der Waals surface area contributed by atoms with Gasteiger partial charge in [-0.25, -0.2) is 9.78 Å². The minimum atomic E-state index is -0.101. The minimum absolute atomic E-state index is 0.0575. The van der Waals surface area contributed by atoms with Crippen LogP contribution in [0.2, 0.25) is 0 Å². The van der Waals surface area contributed by atoms with Crippen LogP contribution in [0.4, 0.5) is 10.5 Å². The smallest absolute Gasteiger partial charge is 0.322 e. The number of rotatable bonds is 2. The van der Waals surface area contributed by atoms with Crippen LogP contribution in [0, 0.1) is 0 Å². The molecule has 122 valence electrons. The first-order valence-corrected chi connectivity index (χ1v) is 7.68. The van der Waals surface area contributed by atoms with E-state index in [-0.39, 0.29) is 18.2 Å². The van der Waals surface area contributed by atoms with Crippen LogP contribution in [0.3, 0.4) is 0 Å². The Bertz CT molecular complexity index is 672. The van der Waals surface area contributed by atoms with E-state index in [1.54, 1.807) is 15.9 Å². The van der Waals surface area contributed by atoms with Crippen LogP contribution in [0.1, 0.15) is 13.8 Å². The van der Waals surface area contributed by atoms with Gasteiger partial charge in [0.25, 0.3) is 0 Å². The lowest BCUT2D eigenvalue weighted by Crippen LogP contribution is -2.49. The molecule has 0 saturated carbocycles. The summed E-state index contributed by atoms with van der Waals surface area (Å²) in [5.41, 5.74) is 1.67. The Balaban J connectivity index is 1.65. The lowest BCUT2D eigenvalue weighted by molar-refractivity contribution is -0.0530. The molecule has 1 N–H and O–H groups in total. The second kappa shape index (κ2) is 6.37. The van der Waals surface area contributed by atoms with Gasteiger partial charge in [0.2, 0.25) is 0 Å². The molecule has 1 saturated heterocycles. The molecule has 0 radical (unpaired) electrons. The van der Waals surface area contributed by atoms with Crippen molar-refractivity contribution in [1.82, 2.24) is 19.7 Å². The van der Waals surface area contributed by atoms with Crippen LogP contribution in [-0.4, -0.2) is 51.0 Å². The Morgan fingerprint density at radius 2 is 1.87 bits per heavy atom. The third-order valence-corrected chi connectivity index (χ3v) is 3.70. The van der Waals surface area contributed by atoms with Crippen LogP contribution in [-0.2, 0) is 11.8 Å². The Hall–Kier alpha value is -2.41. The maximum absolute atomic E-state index is 12.3. The molecule has 1 fully saturated rings. The Morgan fingerprint density at radius 3 is 2.43 bits per heavy atom. The van der Waals surface area contributed by atoms with Crippen LogP contribution in [0.25, 0.3) is 11.4 Å². The van der Waals surface area contributed by atoms with E-state index in [2.05, 4.69) is 15.4 Å². The summed E-state index contributed by atoms with van der Waals surface area (Å²) in [6.07, 6.45) is 1.77. The SMILES string of the molecule is C[C@@H]1CN(C(=O)Nc2ccc(-c3ncn(C)n3)cc2)C[C@H](C)O1. The summed E-state index contributed by atoms with van der Waals surface area (Å²) in [4.78, 5) is 18.3. The van der Waals surface area contributed by atoms with Gasteiger partial charge in [0.1, 0.15) is 6.33 Å². The zero-order chi connectivity index (χ0) is 16.4. The largest absolute Gasteiger partial charge is 0.372 e. The molecule has 3 rings (SSSR count).